The van der Waals surface area contributed by atoms with E-state index in [4.69, 9.17) is 11.6 Å². The van der Waals surface area contributed by atoms with Gasteiger partial charge in [0, 0.05) is 12.7 Å². The van der Waals surface area contributed by atoms with Gasteiger partial charge in [0.1, 0.15) is 5.82 Å². The second-order valence-electron chi connectivity index (χ2n) is 1.88. The van der Waals surface area contributed by atoms with Crippen molar-refractivity contribution in [3.63, 3.8) is 0 Å². The number of hydrogen-bond donors (Lipinski definition) is 1. The maximum Gasteiger partial charge on any atom is 0.143 e. The molecule has 0 aliphatic heterocycles. The third kappa shape index (κ3) is 3.09. The number of halogens is 2. The van der Waals surface area contributed by atoms with E-state index in [0.717, 1.165) is 5.69 Å². The van der Waals surface area contributed by atoms with Crippen LogP contribution in [0, 0.1) is 5.82 Å². The van der Waals surface area contributed by atoms with Gasteiger partial charge in [-0.15, -0.1) is 0 Å². The second-order valence-corrected chi connectivity index (χ2v) is 2.29. The van der Waals surface area contributed by atoms with Crippen LogP contribution in [0.3, 0.4) is 0 Å². The van der Waals surface area contributed by atoms with Crippen LogP contribution in [-0.4, -0.2) is 7.05 Å². The third-order valence-electron chi connectivity index (χ3n) is 1.21. The van der Waals surface area contributed by atoms with Crippen LogP contribution < -0.4 is 5.32 Å². The maximum absolute atomic E-state index is 12.6. The summed E-state index contributed by atoms with van der Waals surface area (Å²) < 4.78 is 12.6. The maximum atomic E-state index is 12.6. The highest BCUT2D eigenvalue weighted by atomic mass is 35.5. The Balaban J connectivity index is 0.000000561. The van der Waals surface area contributed by atoms with E-state index >= 15 is 0 Å². The molecule has 0 spiro atoms. The fourth-order valence-corrected chi connectivity index (χ4v) is 0.769. The number of benzene rings is 1. The molecule has 0 saturated heterocycles. The first-order valence-electron chi connectivity index (χ1n) is 3.87. The van der Waals surface area contributed by atoms with Gasteiger partial charge in [-0.3, -0.25) is 0 Å². The fourth-order valence-electron chi connectivity index (χ4n) is 0.652. The summed E-state index contributed by atoms with van der Waals surface area (Å²) in [5.41, 5.74) is 0.724. The van der Waals surface area contributed by atoms with Crippen molar-refractivity contribution in [1.82, 2.24) is 0 Å². The Labute approximate surface area is 77.6 Å². The van der Waals surface area contributed by atoms with E-state index in [1.165, 1.54) is 12.1 Å². The highest BCUT2D eigenvalue weighted by molar-refractivity contribution is 6.30. The van der Waals surface area contributed by atoms with Gasteiger partial charge in [0.25, 0.3) is 0 Å². The van der Waals surface area contributed by atoms with E-state index in [2.05, 4.69) is 5.32 Å². The molecule has 1 N–H and O–H groups in total. The van der Waals surface area contributed by atoms with E-state index in [9.17, 15) is 4.39 Å². The summed E-state index contributed by atoms with van der Waals surface area (Å²) in [7, 11) is 1.72. The van der Waals surface area contributed by atoms with Crippen LogP contribution in [0.15, 0.2) is 18.2 Å². The lowest BCUT2D eigenvalue weighted by Gasteiger charge is -1.99. The van der Waals surface area contributed by atoms with E-state index in [0.29, 0.717) is 0 Å². The van der Waals surface area contributed by atoms with Crippen molar-refractivity contribution in [1.29, 1.82) is 0 Å². The van der Waals surface area contributed by atoms with E-state index in [1.807, 2.05) is 13.8 Å². The zero-order chi connectivity index (χ0) is 9.56. The minimum absolute atomic E-state index is 0.152. The summed E-state index contributed by atoms with van der Waals surface area (Å²) in [6.45, 7) is 4.00. The van der Waals surface area contributed by atoms with Crippen LogP contribution in [0.1, 0.15) is 13.8 Å². The molecule has 1 rings (SSSR count). The van der Waals surface area contributed by atoms with Gasteiger partial charge in [0.05, 0.1) is 5.02 Å². The number of rotatable bonds is 1. The van der Waals surface area contributed by atoms with Gasteiger partial charge in [-0.1, -0.05) is 25.4 Å². The molecule has 0 heterocycles. The average Bonchev–Trinajstić information content (AvgIpc) is 2.13. The third-order valence-corrected chi connectivity index (χ3v) is 1.51. The van der Waals surface area contributed by atoms with E-state index < -0.39 is 5.82 Å². The normalized spacial score (nSPS) is 8.42. The molecule has 0 fully saturated rings. The zero-order valence-corrected chi connectivity index (χ0v) is 8.24. The van der Waals surface area contributed by atoms with Gasteiger partial charge >= 0.3 is 0 Å². The second kappa shape index (κ2) is 5.84. The minimum Gasteiger partial charge on any atom is -0.388 e. The quantitative estimate of drug-likeness (QED) is 0.713. The summed E-state index contributed by atoms with van der Waals surface area (Å²) in [6.07, 6.45) is 0. The van der Waals surface area contributed by atoms with Crippen molar-refractivity contribution in [2.75, 3.05) is 12.4 Å². The minimum atomic E-state index is -0.395. The van der Waals surface area contributed by atoms with Crippen LogP contribution >= 0.6 is 11.6 Å². The van der Waals surface area contributed by atoms with Crippen molar-refractivity contribution in [2.45, 2.75) is 13.8 Å². The first-order valence-corrected chi connectivity index (χ1v) is 4.24. The smallest absolute Gasteiger partial charge is 0.143 e. The van der Waals surface area contributed by atoms with Gasteiger partial charge in [-0.25, -0.2) is 4.39 Å². The monoisotopic (exact) mass is 189 g/mol. The topological polar surface area (TPSA) is 12.0 Å². The molecule has 68 valence electrons. The van der Waals surface area contributed by atoms with Crippen molar-refractivity contribution in [3.8, 4) is 0 Å². The summed E-state index contributed by atoms with van der Waals surface area (Å²) in [5.74, 6) is -0.395. The first-order chi connectivity index (χ1) is 5.74. The molecular weight excluding hydrogens is 177 g/mol. The van der Waals surface area contributed by atoms with Gasteiger partial charge < -0.3 is 5.32 Å². The van der Waals surface area contributed by atoms with Gasteiger partial charge in [-0.05, 0) is 18.2 Å². The molecule has 0 bridgehead atoms. The Morgan fingerprint density at radius 1 is 1.33 bits per heavy atom. The summed E-state index contributed by atoms with van der Waals surface area (Å²) in [4.78, 5) is 0. The summed E-state index contributed by atoms with van der Waals surface area (Å²) in [6, 6.07) is 4.58. The average molecular weight is 190 g/mol. The molecule has 0 radical (unpaired) electrons. The van der Waals surface area contributed by atoms with Gasteiger partial charge in [0.2, 0.25) is 0 Å². The summed E-state index contributed by atoms with van der Waals surface area (Å²) in [5, 5.41) is 2.95. The molecule has 0 atom stereocenters. The molecule has 3 heteroatoms. The molecule has 1 aromatic carbocycles. The number of nitrogens with one attached hydrogen (secondary N) is 1. The Kier molecular flexibility index (Phi) is 5.47. The Hall–Kier alpha value is -0.760. The molecule has 0 aromatic heterocycles. The lowest BCUT2D eigenvalue weighted by Crippen LogP contribution is -1.88. The van der Waals surface area contributed by atoms with Crippen molar-refractivity contribution in [2.24, 2.45) is 0 Å². The number of hydrogen-bond acceptors (Lipinski definition) is 1. The standard InChI is InChI=1S/C7H7ClFN.C2H6/c1-10-5-2-3-6(8)7(9)4-5;1-2/h2-4,10H,1H3;1-2H3. The lowest BCUT2D eigenvalue weighted by atomic mass is 10.3. The van der Waals surface area contributed by atoms with Crippen LogP contribution in [0.4, 0.5) is 10.1 Å². The van der Waals surface area contributed by atoms with Crippen molar-refractivity contribution in [3.05, 3.63) is 29.0 Å². The Morgan fingerprint density at radius 2 is 1.92 bits per heavy atom. The Bertz CT molecular complexity index is 238. The molecule has 0 aliphatic carbocycles. The predicted molar refractivity (Wildman–Crippen MR) is 52.3 cm³/mol. The molecule has 0 amide bonds. The van der Waals surface area contributed by atoms with Crippen LogP contribution in [0.25, 0.3) is 0 Å². The highest BCUT2D eigenvalue weighted by Gasteiger charge is 1.97. The number of anilines is 1. The fraction of sp³-hybridized carbons (Fsp3) is 0.333. The van der Waals surface area contributed by atoms with Gasteiger partial charge in [0.15, 0.2) is 0 Å². The van der Waals surface area contributed by atoms with Crippen LogP contribution in [0.2, 0.25) is 5.02 Å². The molecule has 1 aromatic rings. The SMILES string of the molecule is CC.CNc1ccc(Cl)c(F)c1. The molecular formula is C9H13ClFN. The molecule has 0 saturated carbocycles. The summed E-state index contributed by atoms with van der Waals surface area (Å²) >= 11 is 5.43. The predicted octanol–water partition coefficient (Wildman–Crippen LogP) is 3.55. The Morgan fingerprint density at radius 3 is 2.33 bits per heavy atom. The molecule has 0 unspecified atom stereocenters. The molecule has 12 heavy (non-hydrogen) atoms. The van der Waals surface area contributed by atoms with Crippen LogP contribution in [-0.2, 0) is 0 Å². The van der Waals surface area contributed by atoms with E-state index in [1.54, 1.807) is 13.1 Å². The van der Waals surface area contributed by atoms with E-state index in [-0.39, 0.29) is 5.02 Å². The van der Waals surface area contributed by atoms with Crippen molar-refractivity contribution < 1.29 is 4.39 Å². The largest absolute Gasteiger partial charge is 0.388 e. The van der Waals surface area contributed by atoms with Crippen molar-refractivity contribution >= 4 is 17.3 Å². The first kappa shape index (κ1) is 11.2. The highest BCUT2D eigenvalue weighted by Crippen LogP contribution is 2.17. The lowest BCUT2D eigenvalue weighted by molar-refractivity contribution is 0.629. The van der Waals surface area contributed by atoms with Crippen LogP contribution in [0.5, 0.6) is 0 Å². The molecule has 1 nitrogen and oxygen atoms in total. The zero-order valence-electron chi connectivity index (χ0n) is 7.49. The van der Waals surface area contributed by atoms with Gasteiger partial charge in [-0.2, -0.15) is 0 Å². The molecule has 0 aliphatic rings.